The number of hydrogen-bond acceptors (Lipinski definition) is 8. The van der Waals surface area contributed by atoms with Crippen LogP contribution in [-0.4, -0.2) is 47.8 Å². The molecular formula is C19H21N3O5S. The molecule has 0 bridgehead atoms. The van der Waals surface area contributed by atoms with Gasteiger partial charge in [0.05, 0.1) is 31.1 Å². The zero-order valence-electron chi connectivity index (χ0n) is 15.5. The highest BCUT2D eigenvalue weighted by molar-refractivity contribution is 7.16. The van der Waals surface area contributed by atoms with Crippen molar-refractivity contribution in [3.63, 3.8) is 0 Å². The summed E-state index contributed by atoms with van der Waals surface area (Å²) in [7, 11) is 0. The number of ether oxygens (including phenoxy) is 3. The van der Waals surface area contributed by atoms with E-state index < -0.39 is 0 Å². The number of nitrogens with one attached hydrogen (secondary N) is 1. The molecular weight excluding hydrogens is 382 g/mol. The van der Waals surface area contributed by atoms with Crippen molar-refractivity contribution in [2.75, 3.05) is 25.1 Å². The molecule has 0 radical (unpaired) electrons. The van der Waals surface area contributed by atoms with Crippen molar-refractivity contribution in [1.82, 2.24) is 9.97 Å². The number of esters is 1. The summed E-state index contributed by atoms with van der Waals surface area (Å²) >= 11 is 1.40. The summed E-state index contributed by atoms with van der Waals surface area (Å²) in [4.78, 5) is 34.2. The Balaban J connectivity index is 1.39. The van der Waals surface area contributed by atoms with Gasteiger partial charge in [0.15, 0.2) is 5.13 Å². The van der Waals surface area contributed by atoms with E-state index in [1.165, 1.54) is 17.5 Å². The summed E-state index contributed by atoms with van der Waals surface area (Å²) in [5.74, 6) is -0.424. The molecule has 2 aliphatic rings. The average molecular weight is 403 g/mol. The van der Waals surface area contributed by atoms with Crippen LogP contribution in [0.3, 0.4) is 0 Å². The van der Waals surface area contributed by atoms with Crippen molar-refractivity contribution < 1.29 is 23.8 Å². The third-order valence-electron chi connectivity index (χ3n) is 4.68. The second kappa shape index (κ2) is 8.24. The number of aryl methyl sites for hydroxylation is 1. The highest BCUT2D eigenvalue weighted by Gasteiger charge is 2.33. The van der Waals surface area contributed by atoms with Crippen molar-refractivity contribution in [3.05, 3.63) is 34.5 Å². The number of pyridine rings is 1. The first kappa shape index (κ1) is 18.8. The topological polar surface area (TPSA) is 99.6 Å². The van der Waals surface area contributed by atoms with E-state index in [0.29, 0.717) is 42.8 Å². The Bertz CT molecular complexity index is 861. The molecule has 1 aliphatic carbocycles. The third kappa shape index (κ3) is 4.00. The summed E-state index contributed by atoms with van der Waals surface area (Å²) in [5, 5.41) is 3.27. The van der Waals surface area contributed by atoms with Crippen molar-refractivity contribution in [2.45, 2.75) is 38.2 Å². The molecule has 2 aromatic rings. The molecule has 0 saturated carbocycles. The van der Waals surface area contributed by atoms with E-state index in [0.717, 1.165) is 23.4 Å². The highest BCUT2D eigenvalue weighted by atomic mass is 32.1. The quantitative estimate of drug-likeness (QED) is 0.740. The van der Waals surface area contributed by atoms with Gasteiger partial charge < -0.3 is 14.2 Å². The van der Waals surface area contributed by atoms with Gasteiger partial charge in [-0.05, 0) is 25.8 Å². The third-order valence-corrected chi connectivity index (χ3v) is 5.73. The molecule has 1 amide bonds. The van der Waals surface area contributed by atoms with Crippen LogP contribution in [0.15, 0.2) is 18.3 Å². The number of aromatic nitrogens is 2. The first-order valence-electron chi connectivity index (χ1n) is 9.32. The Labute approximate surface area is 166 Å². The summed E-state index contributed by atoms with van der Waals surface area (Å²) in [6, 6.07) is 3.34. The molecule has 3 heterocycles. The molecule has 1 saturated heterocycles. The first-order valence-corrected chi connectivity index (χ1v) is 10.1. The molecule has 2 aromatic heterocycles. The van der Waals surface area contributed by atoms with Gasteiger partial charge in [0.25, 0.3) is 5.91 Å². The van der Waals surface area contributed by atoms with Crippen LogP contribution in [0.1, 0.15) is 46.6 Å². The van der Waals surface area contributed by atoms with E-state index in [4.69, 9.17) is 14.2 Å². The Morgan fingerprint density at radius 2 is 2.25 bits per heavy atom. The minimum atomic E-state index is -0.338. The van der Waals surface area contributed by atoms with Gasteiger partial charge in [-0.3, -0.25) is 14.9 Å². The molecule has 28 heavy (non-hydrogen) atoms. The lowest BCUT2D eigenvalue weighted by Crippen LogP contribution is -2.17. The molecule has 1 fully saturated rings. The molecule has 2 atom stereocenters. The lowest BCUT2D eigenvalue weighted by molar-refractivity contribution is -0.145. The van der Waals surface area contributed by atoms with E-state index in [9.17, 15) is 9.59 Å². The van der Waals surface area contributed by atoms with Gasteiger partial charge in [-0.1, -0.05) is 0 Å². The molecule has 148 valence electrons. The van der Waals surface area contributed by atoms with Crippen molar-refractivity contribution in [1.29, 1.82) is 0 Å². The van der Waals surface area contributed by atoms with Crippen LogP contribution < -0.4 is 10.1 Å². The fourth-order valence-electron chi connectivity index (χ4n) is 3.28. The van der Waals surface area contributed by atoms with Gasteiger partial charge in [0, 0.05) is 23.6 Å². The zero-order valence-corrected chi connectivity index (χ0v) is 16.3. The van der Waals surface area contributed by atoms with E-state index in [1.54, 1.807) is 19.1 Å². The van der Waals surface area contributed by atoms with Gasteiger partial charge in [-0.25, -0.2) is 9.97 Å². The lowest BCUT2D eigenvalue weighted by atomic mass is 10.1. The number of carbonyl (C=O) groups excluding carboxylic acids is 2. The minimum absolute atomic E-state index is 0.0113. The Hall–Kier alpha value is -2.52. The maximum absolute atomic E-state index is 12.5. The maximum Gasteiger partial charge on any atom is 0.315 e. The predicted octanol–water partition coefficient (Wildman–Crippen LogP) is 2.55. The molecule has 0 aromatic carbocycles. The lowest BCUT2D eigenvalue weighted by Gasteiger charge is -2.10. The van der Waals surface area contributed by atoms with Gasteiger partial charge in [0.1, 0.15) is 12.0 Å². The standard InChI is InChI=1S/C19H21N3O5S/c1-2-26-18(24)13-4-5-14-16(13)21-19(28-14)22-17(23)11-3-6-15(20-9-11)27-12-7-8-25-10-12/h3,6,9,12-13H,2,4-5,7-8,10H2,1H3,(H,21,22,23). The van der Waals surface area contributed by atoms with Crippen LogP contribution in [0.25, 0.3) is 0 Å². The van der Waals surface area contributed by atoms with E-state index in [1.807, 2.05) is 0 Å². The van der Waals surface area contributed by atoms with Gasteiger partial charge in [-0.2, -0.15) is 0 Å². The van der Waals surface area contributed by atoms with Crippen LogP contribution >= 0.6 is 11.3 Å². The number of nitrogens with zero attached hydrogens (tertiary/aromatic N) is 2. The summed E-state index contributed by atoms with van der Waals surface area (Å²) in [6.45, 7) is 3.39. The number of anilines is 1. The van der Waals surface area contributed by atoms with Gasteiger partial charge >= 0.3 is 5.97 Å². The second-order valence-corrected chi connectivity index (χ2v) is 7.70. The number of thiazole rings is 1. The Morgan fingerprint density at radius 1 is 1.36 bits per heavy atom. The predicted molar refractivity (Wildman–Crippen MR) is 102 cm³/mol. The Kier molecular flexibility index (Phi) is 5.54. The van der Waals surface area contributed by atoms with E-state index in [2.05, 4.69) is 15.3 Å². The first-order chi connectivity index (χ1) is 13.6. The number of rotatable bonds is 6. The Morgan fingerprint density at radius 3 is 2.96 bits per heavy atom. The van der Waals surface area contributed by atoms with Crippen LogP contribution in [0.4, 0.5) is 5.13 Å². The normalized spacial score (nSPS) is 20.6. The average Bonchev–Trinajstić information content (AvgIpc) is 3.40. The van der Waals surface area contributed by atoms with E-state index >= 15 is 0 Å². The molecule has 9 heteroatoms. The smallest absolute Gasteiger partial charge is 0.315 e. The SMILES string of the molecule is CCOC(=O)C1CCc2sc(NC(=O)c3ccc(OC4CCOC4)nc3)nc21. The highest BCUT2D eigenvalue weighted by Crippen LogP contribution is 2.39. The van der Waals surface area contributed by atoms with Crippen molar-refractivity contribution in [2.24, 2.45) is 0 Å². The van der Waals surface area contributed by atoms with Crippen molar-refractivity contribution >= 4 is 28.3 Å². The van der Waals surface area contributed by atoms with Gasteiger partial charge in [0.2, 0.25) is 5.88 Å². The van der Waals surface area contributed by atoms with Crippen LogP contribution in [-0.2, 0) is 20.7 Å². The number of carbonyl (C=O) groups is 2. The molecule has 0 spiro atoms. The number of amides is 1. The number of hydrogen-bond donors (Lipinski definition) is 1. The number of fused-ring (bicyclic) bond motifs is 1. The van der Waals surface area contributed by atoms with Crippen molar-refractivity contribution in [3.8, 4) is 5.88 Å². The fourth-order valence-corrected chi connectivity index (χ4v) is 4.32. The van der Waals surface area contributed by atoms with Crippen LogP contribution in [0.2, 0.25) is 0 Å². The maximum atomic E-state index is 12.5. The second-order valence-electron chi connectivity index (χ2n) is 6.61. The summed E-state index contributed by atoms with van der Waals surface area (Å²) < 4.78 is 16.1. The van der Waals surface area contributed by atoms with Crippen LogP contribution in [0, 0.1) is 0 Å². The molecule has 1 aliphatic heterocycles. The van der Waals surface area contributed by atoms with E-state index in [-0.39, 0.29) is 23.9 Å². The fraction of sp³-hybridized carbons (Fsp3) is 0.474. The van der Waals surface area contributed by atoms with Crippen LogP contribution in [0.5, 0.6) is 5.88 Å². The molecule has 8 nitrogen and oxygen atoms in total. The minimum Gasteiger partial charge on any atom is -0.472 e. The monoisotopic (exact) mass is 403 g/mol. The van der Waals surface area contributed by atoms with Gasteiger partial charge in [-0.15, -0.1) is 11.3 Å². The summed E-state index contributed by atoms with van der Waals surface area (Å²) in [6.07, 6.45) is 3.80. The molecule has 2 unspecified atom stereocenters. The largest absolute Gasteiger partial charge is 0.472 e. The molecule has 4 rings (SSSR count). The summed E-state index contributed by atoms with van der Waals surface area (Å²) in [5.41, 5.74) is 1.13. The zero-order chi connectivity index (χ0) is 19.5. The molecule has 1 N–H and O–H groups in total.